The van der Waals surface area contributed by atoms with Crippen molar-refractivity contribution in [1.82, 2.24) is 0 Å². The highest BCUT2D eigenvalue weighted by atomic mass is 127. The van der Waals surface area contributed by atoms with Gasteiger partial charge in [-0.25, -0.2) is 0 Å². The molecule has 0 unspecified atom stereocenters. The first-order valence-electron chi connectivity index (χ1n) is 4.09. The summed E-state index contributed by atoms with van der Waals surface area (Å²) in [6.07, 6.45) is 2.27. The molecule has 1 aliphatic rings. The molecular weight excluding hydrogens is 259 g/mol. The Morgan fingerprint density at radius 2 is 1.83 bits per heavy atom. The molecule has 0 spiro atoms. The molecule has 2 rings (SSSR count). The van der Waals surface area contributed by atoms with E-state index in [9.17, 15) is 0 Å². The Morgan fingerprint density at radius 1 is 1.17 bits per heavy atom. The fraction of sp³-hybridized carbons (Fsp3) is 0.273. The molecule has 0 bridgehead atoms. The van der Waals surface area contributed by atoms with E-state index in [4.69, 9.17) is 0 Å². The maximum Gasteiger partial charge on any atom is 0.0210 e. The molecule has 0 heterocycles. The number of fused-ring (bicyclic) bond motifs is 1. The van der Waals surface area contributed by atoms with Gasteiger partial charge < -0.3 is 0 Å². The molecule has 0 aliphatic heterocycles. The van der Waals surface area contributed by atoms with Crippen molar-refractivity contribution in [3.8, 4) is 0 Å². The van der Waals surface area contributed by atoms with Gasteiger partial charge in [-0.2, -0.15) is 0 Å². The van der Waals surface area contributed by atoms with Crippen molar-refractivity contribution in [2.24, 2.45) is 0 Å². The highest BCUT2D eigenvalue weighted by Crippen LogP contribution is 2.44. The first-order valence-corrected chi connectivity index (χ1v) is 5.17. The van der Waals surface area contributed by atoms with Crippen LogP contribution in [0.2, 0.25) is 0 Å². The predicted molar refractivity (Wildman–Crippen MR) is 61.5 cm³/mol. The molecule has 0 atom stereocenters. The predicted octanol–water partition coefficient (Wildman–Crippen LogP) is 3.75. The van der Waals surface area contributed by atoms with E-state index in [1.165, 1.54) is 14.7 Å². The quantitative estimate of drug-likeness (QED) is 0.630. The summed E-state index contributed by atoms with van der Waals surface area (Å²) in [7, 11) is 0. The van der Waals surface area contributed by atoms with Crippen LogP contribution >= 0.6 is 22.6 Å². The second kappa shape index (κ2) is 2.59. The lowest BCUT2D eigenvalue weighted by atomic mass is 9.87. The molecule has 12 heavy (non-hydrogen) atoms. The van der Waals surface area contributed by atoms with Crippen molar-refractivity contribution in [2.75, 3.05) is 0 Å². The Kier molecular flexibility index (Phi) is 1.79. The van der Waals surface area contributed by atoms with Gasteiger partial charge in [-0.15, -0.1) is 0 Å². The Hall–Kier alpha value is -0.310. The van der Waals surface area contributed by atoms with Crippen molar-refractivity contribution in [1.29, 1.82) is 0 Å². The number of halogens is 1. The monoisotopic (exact) mass is 270 g/mol. The molecule has 0 saturated carbocycles. The SMILES string of the molecule is CC1(C)C(I)=Cc2ccccc21. The number of hydrogen-bond donors (Lipinski definition) is 0. The van der Waals surface area contributed by atoms with Crippen molar-refractivity contribution < 1.29 is 0 Å². The highest BCUT2D eigenvalue weighted by Gasteiger charge is 2.30. The smallest absolute Gasteiger partial charge is 0.0210 e. The van der Waals surface area contributed by atoms with E-state index in [1.807, 2.05) is 0 Å². The lowest BCUT2D eigenvalue weighted by Crippen LogP contribution is -2.13. The van der Waals surface area contributed by atoms with E-state index in [0.29, 0.717) is 0 Å². The molecule has 0 aromatic heterocycles. The van der Waals surface area contributed by atoms with Gasteiger partial charge >= 0.3 is 0 Å². The first kappa shape index (κ1) is 8.30. The largest absolute Gasteiger partial charge is 0.0619 e. The lowest BCUT2D eigenvalue weighted by Gasteiger charge is -2.20. The Bertz CT molecular complexity index is 348. The number of allylic oxidation sites excluding steroid dienone is 1. The standard InChI is InChI=1S/C11H11I/c1-11(2)9-6-4-3-5-8(9)7-10(11)12/h3-7H,1-2H3. The van der Waals surface area contributed by atoms with Crippen LogP contribution < -0.4 is 0 Å². The Balaban J connectivity index is 2.66. The van der Waals surface area contributed by atoms with Crippen LogP contribution in [0.1, 0.15) is 25.0 Å². The summed E-state index contributed by atoms with van der Waals surface area (Å²) < 4.78 is 1.43. The molecule has 1 aliphatic carbocycles. The third kappa shape index (κ3) is 1.03. The van der Waals surface area contributed by atoms with E-state index >= 15 is 0 Å². The summed E-state index contributed by atoms with van der Waals surface area (Å²) in [6.45, 7) is 4.55. The fourth-order valence-electron chi connectivity index (χ4n) is 1.64. The molecule has 0 fully saturated rings. The van der Waals surface area contributed by atoms with Gasteiger partial charge in [0.2, 0.25) is 0 Å². The van der Waals surface area contributed by atoms with E-state index in [1.54, 1.807) is 0 Å². The van der Waals surface area contributed by atoms with Gasteiger partial charge in [0.1, 0.15) is 0 Å². The van der Waals surface area contributed by atoms with E-state index in [-0.39, 0.29) is 5.41 Å². The molecule has 1 heteroatoms. The van der Waals surface area contributed by atoms with Crippen molar-refractivity contribution in [2.45, 2.75) is 19.3 Å². The molecule has 62 valence electrons. The van der Waals surface area contributed by atoms with Crippen LogP contribution in [-0.2, 0) is 5.41 Å². The molecule has 0 saturated heterocycles. The van der Waals surface area contributed by atoms with Crippen LogP contribution in [-0.4, -0.2) is 0 Å². The molecular formula is C11H11I. The zero-order valence-electron chi connectivity index (χ0n) is 7.26. The van der Waals surface area contributed by atoms with Crippen LogP contribution in [0.5, 0.6) is 0 Å². The van der Waals surface area contributed by atoms with Gasteiger partial charge in [0.15, 0.2) is 0 Å². The molecule has 0 nitrogen and oxygen atoms in total. The molecule has 1 aromatic rings. The van der Waals surface area contributed by atoms with Gasteiger partial charge in [-0.3, -0.25) is 0 Å². The molecule has 0 amide bonds. The van der Waals surface area contributed by atoms with Gasteiger partial charge in [0, 0.05) is 8.99 Å². The highest BCUT2D eigenvalue weighted by molar-refractivity contribution is 14.1. The van der Waals surface area contributed by atoms with Gasteiger partial charge in [0.05, 0.1) is 0 Å². The Labute approximate surface area is 86.8 Å². The molecule has 0 radical (unpaired) electrons. The average molecular weight is 270 g/mol. The minimum Gasteiger partial charge on any atom is -0.0619 e. The van der Waals surface area contributed by atoms with Crippen LogP contribution in [0, 0.1) is 0 Å². The minimum absolute atomic E-state index is 0.233. The van der Waals surface area contributed by atoms with Crippen LogP contribution in [0.25, 0.3) is 6.08 Å². The minimum atomic E-state index is 0.233. The summed E-state index contributed by atoms with van der Waals surface area (Å²) in [5.41, 5.74) is 3.07. The van der Waals surface area contributed by atoms with Gasteiger partial charge in [0.25, 0.3) is 0 Å². The number of hydrogen-bond acceptors (Lipinski definition) is 0. The van der Waals surface area contributed by atoms with Crippen molar-refractivity contribution in [3.63, 3.8) is 0 Å². The summed E-state index contributed by atoms with van der Waals surface area (Å²) >= 11 is 2.43. The first-order chi connectivity index (χ1) is 5.62. The third-order valence-corrected chi connectivity index (χ3v) is 4.17. The number of rotatable bonds is 0. The van der Waals surface area contributed by atoms with E-state index in [0.717, 1.165) is 0 Å². The second-order valence-electron chi connectivity index (χ2n) is 3.70. The lowest BCUT2D eigenvalue weighted by molar-refractivity contribution is 0.678. The zero-order valence-corrected chi connectivity index (χ0v) is 9.42. The molecule has 0 N–H and O–H groups in total. The summed E-state index contributed by atoms with van der Waals surface area (Å²) in [6, 6.07) is 8.62. The van der Waals surface area contributed by atoms with Crippen LogP contribution in [0.3, 0.4) is 0 Å². The fourth-order valence-corrected chi connectivity index (χ4v) is 2.26. The maximum absolute atomic E-state index is 2.43. The normalized spacial score (nSPS) is 18.8. The van der Waals surface area contributed by atoms with Crippen molar-refractivity contribution in [3.05, 3.63) is 39.0 Å². The van der Waals surface area contributed by atoms with Crippen LogP contribution in [0.15, 0.2) is 27.8 Å². The summed E-state index contributed by atoms with van der Waals surface area (Å²) in [4.78, 5) is 0. The zero-order chi connectivity index (χ0) is 8.77. The topological polar surface area (TPSA) is 0 Å². The summed E-state index contributed by atoms with van der Waals surface area (Å²) in [5, 5.41) is 0. The van der Waals surface area contributed by atoms with E-state index in [2.05, 4.69) is 66.8 Å². The van der Waals surface area contributed by atoms with Gasteiger partial charge in [-0.1, -0.05) is 38.1 Å². The Morgan fingerprint density at radius 3 is 2.50 bits per heavy atom. The molecule has 1 aromatic carbocycles. The van der Waals surface area contributed by atoms with E-state index < -0.39 is 0 Å². The van der Waals surface area contributed by atoms with Crippen molar-refractivity contribution >= 4 is 28.7 Å². The summed E-state index contributed by atoms with van der Waals surface area (Å²) in [5.74, 6) is 0. The van der Waals surface area contributed by atoms with Crippen LogP contribution in [0.4, 0.5) is 0 Å². The maximum atomic E-state index is 2.43. The van der Waals surface area contributed by atoms with Gasteiger partial charge in [-0.05, 0) is 39.8 Å². The number of benzene rings is 1. The second-order valence-corrected chi connectivity index (χ2v) is 4.87. The third-order valence-electron chi connectivity index (χ3n) is 2.51. The average Bonchev–Trinajstić information content (AvgIpc) is 2.25.